The largest absolute Gasteiger partial charge is 0.444 e. The molecule has 568 valence electrons. The number of thiazole rings is 4. The molecule has 0 saturated heterocycles. The molecular formula is C74H82Cl2N16O8S8. The minimum absolute atomic E-state index is 0. The van der Waals surface area contributed by atoms with Gasteiger partial charge in [-0.15, -0.1) is 116 Å². The lowest BCUT2D eigenvalue weighted by atomic mass is 9.97. The Kier molecular flexibility index (Phi) is 25.2. The third kappa shape index (κ3) is 18.0. The monoisotopic (exact) mass is 1650 g/mol. The van der Waals surface area contributed by atoms with Crippen LogP contribution in [0.15, 0.2) is 73.8 Å². The summed E-state index contributed by atoms with van der Waals surface area (Å²) < 4.78 is 15.5. The predicted octanol–water partition coefficient (Wildman–Crippen LogP) is 18.1. The van der Waals surface area contributed by atoms with Gasteiger partial charge in [-0.25, -0.2) is 29.5 Å². The van der Waals surface area contributed by atoms with E-state index in [-0.39, 0.29) is 72.7 Å². The van der Waals surface area contributed by atoms with Crippen molar-refractivity contribution in [1.82, 2.24) is 60.3 Å². The molecule has 0 saturated carbocycles. The molecule has 34 heteroatoms. The molecule has 0 radical (unpaired) electrons. The van der Waals surface area contributed by atoms with E-state index < -0.39 is 11.2 Å². The van der Waals surface area contributed by atoms with Crippen LogP contribution in [0.1, 0.15) is 151 Å². The van der Waals surface area contributed by atoms with Crippen LogP contribution in [0.3, 0.4) is 0 Å². The van der Waals surface area contributed by atoms with Crippen molar-refractivity contribution in [3.05, 3.63) is 116 Å². The van der Waals surface area contributed by atoms with Crippen molar-refractivity contribution in [2.75, 3.05) is 34.4 Å². The third-order valence-electron chi connectivity index (χ3n) is 17.4. The van der Waals surface area contributed by atoms with Crippen LogP contribution in [-0.4, -0.2) is 122 Å². The highest BCUT2D eigenvalue weighted by atomic mass is 35.5. The fraction of sp³-hybridized carbons (Fsp3) is 0.378. The van der Waals surface area contributed by atoms with Gasteiger partial charge in [-0.05, 0) is 148 Å². The number of halogens is 2. The van der Waals surface area contributed by atoms with Gasteiger partial charge >= 0.3 is 12.2 Å². The third-order valence-corrected chi connectivity index (χ3v) is 26.6. The lowest BCUT2D eigenvalue weighted by Crippen LogP contribution is -2.44. The molecule has 0 bridgehead atoms. The van der Waals surface area contributed by atoms with Gasteiger partial charge in [-0.3, -0.25) is 39.1 Å². The zero-order valence-corrected chi connectivity index (χ0v) is 69.9. The summed E-state index contributed by atoms with van der Waals surface area (Å²) in [5.41, 5.74) is 11.4. The van der Waals surface area contributed by atoms with Crippen molar-refractivity contribution in [1.29, 1.82) is 0 Å². The first kappa shape index (κ1) is 80.9. The van der Waals surface area contributed by atoms with Crippen LogP contribution < -0.4 is 31.9 Å². The Morgan fingerprint density at radius 2 is 0.833 bits per heavy atom. The van der Waals surface area contributed by atoms with Gasteiger partial charge in [-0.1, -0.05) is 0 Å². The molecule has 0 fully saturated rings. The molecular weight excluding hydrogens is 1570 g/mol. The zero-order valence-electron chi connectivity index (χ0n) is 61.7. The fourth-order valence-electron chi connectivity index (χ4n) is 12.9. The molecule has 6 N–H and O–H groups in total. The number of fused-ring (bicyclic) bond motifs is 8. The number of anilines is 4. The Morgan fingerprint density at radius 3 is 1.24 bits per heavy atom. The number of rotatable bonds is 8. The topological polar surface area (TPSA) is 303 Å². The van der Waals surface area contributed by atoms with E-state index >= 15 is 0 Å². The van der Waals surface area contributed by atoms with Crippen LogP contribution in [0.2, 0.25) is 0 Å². The van der Waals surface area contributed by atoms with Gasteiger partial charge in [0.25, 0.3) is 0 Å². The molecule has 12 aromatic heterocycles. The van der Waals surface area contributed by atoms with E-state index in [2.05, 4.69) is 65.7 Å². The van der Waals surface area contributed by atoms with Crippen LogP contribution in [0.5, 0.6) is 0 Å². The maximum Gasteiger partial charge on any atom is 0.410 e. The maximum absolute atomic E-state index is 12.7. The zero-order chi connectivity index (χ0) is 75.2. The average molecular weight is 1650 g/mol. The molecule has 6 amide bonds. The number of hydrogen-bond donors (Lipinski definition) is 6. The number of pyridine rings is 4. The summed E-state index contributed by atoms with van der Waals surface area (Å²) in [5, 5.41) is 25.9. The number of nitrogens with one attached hydrogen (secondary N) is 6. The van der Waals surface area contributed by atoms with Crippen molar-refractivity contribution in [2.24, 2.45) is 0 Å². The lowest BCUT2D eigenvalue weighted by molar-refractivity contribution is -0.115. The highest BCUT2D eigenvalue weighted by Gasteiger charge is 2.38. The number of aromatic nitrogens is 8. The van der Waals surface area contributed by atoms with E-state index in [4.69, 9.17) is 29.4 Å². The number of thiophene rings is 4. The molecule has 16 rings (SSSR count). The Labute approximate surface area is 668 Å². The van der Waals surface area contributed by atoms with Gasteiger partial charge in [0.1, 0.15) is 73.3 Å². The van der Waals surface area contributed by atoms with Crippen molar-refractivity contribution in [3.8, 4) is 42.3 Å². The quantitative estimate of drug-likeness (QED) is 0.0823. The Balaban J connectivity index is 0.000000143. The predicted molar refractivity (Wildman–Crippen MR) is 445 cm³/mol. The molecule has 108 heavy (non-hydrogen) atoms. The van der Waals surface area contributed by atoms with E-state index in [0.29, 0.717) is 38.0 Å². The molecule has 4 aliphatic heterocycles. The van der Waals surface area contributed by atoms with Crippen molar-refractivity contribution < 1.29 is 38.2 Å². The van der Waals surface area contributed by atoms with Gasteiger partial charge in [0.15, 0.2) is 0 Å². The van der Waals surface area contributed by atoms with Crippen LogP contribution in [0.25, 0.3) is 83.2 Å². The van der Waals surface area contributed by atoms with Gasteiger partial charge in [0.05, 0.1) is 56.2 Å². The molecule has 4 aliphatic rings. The van der Waals surface area contributed by atoms with Crippen LogP contribution in [0, 0.1) is 0 Å². The Bertz CT molecular complexity index is 5220. The highest BCUT2D eigenvalue weighted by molar-refractivity contribution is 7.25. The molecule has 12 aromatic rings. The normalized spacial score (nSPS) is 16.5. The van der Waals surface area contributed by atoms with E-state index in [1.165, 1.54) is 57.4 Å². The molecule has 0 aliphatic carbocycles. The second kappa shape index (κ2) is 33.6. The highest BCUT2D eigenvalue weighted by Crippen LogP contribution is 2.52. The summed E-state index contributed by atoms with van der Waals surface area (Å²) in [6, 6.07) is 8.42. The second-order valence-corrected chi connectivity index (χ2v) is 36.5. The summed E-state index contributed by atoms with van der Waals surface area (Å²) in [5.74, 6) is -0.356. The second-order valence-electron chi connectivity index (χ2n) is 28.1. The van der Waals surface area contributed by atoms with E-state index in [1.54, 1.807) is 141 Å². The number of carbonyl (C=O) groups excluding carboxylic acids is 6. The van der Waals surface area contributed by atoms with Crippen molar-refractivity contribution in [3.63, 3.8) is 0 Å². The molecule has 0 aromatic carbocycles. The summed E-state index contributed by atoms with van der Waals surface area (Å²) >= 11 is 12.8. The van der Waals surface area contributed by atoms with Gasteiger partial charge in [0, 0.05) is 125 Å². The van der Waals surface area contributed by atoms with Gasteiger partial charge < -0.3 is 51.2 Å². The number of carbonyl (C=O) groups is 6. The van der Waals surface area contributed by atoms with E-state index in [1.807, 2.05) is 79.7 Å². The van der Waals surface area contributed by atoms with Crippen LogP contribution in [0.4, 0.5) is 29.6 Å². The van der Waals surface area contributed by atoms with Crippen molar-refractivity contribution >= 4 is 212 Å². The molecule has 4 atom stereocenters. The lowest BCUT2D eigenvalue weighted by Gasteiger charge is -2.35. The molecule has 16 heterocycles. The molecule has 0 spiro atoms. The number of nitrogens with zero attached hydrogens (tertiary/aromatic N) is 10. The minimum atomic E-state index is -0.548. The summed E-state index contributed by atoms with van der Waals surface area (Å²) in [6.45, 7) is 28.5. The molecule has 24 nitrogen and oxygen atoms in total. The first-order valence-electron chi connectivity index (χ1n) is 34.5. The SMILES string of the molecule is CC(=O)Nc1sc2c(c1-c1nc3cnccc3s1)CC(C)N(C(=O)OC(C)(C)C)C2.CC(=O)Nc1sc2c(c1-c1nc3cnccc3s1)CC(C)NC2.CC(=O)Nc1sc2c(c1-c1nc3cnccc3s1)CCN(C(=O)OC(C)(C)C)C2C.CC(=O)Nc1sc2c(c1-c1nc3cnccc3s1)CCNC2C.Cl.Cl. The first-order chi connectivity index (χ1) is 50.5. The fourth-order valence-corrected chi connectivity index (χ4v) is 22.4. The van der Waals surface area contributed by atoms with E-state index in [9.17, 15) is 28.8 Å². The number of amides is 6. The Hall–Kier alpha value is -8.12. The van der Waals surface area contributed by atoms with Crippen LogP contribution in [-0.2, 0) is 67.4 Å². The van der Waals surface area contributed by atoms with Crippen molar-refractivity contribution in [2.45, 2.75) is 171 Å². The number of ether oxygens (including phenoxy) is 2. The number of hydrogen-bond acceptors (Lipinski definition) is 26. The molecule has 4 unspecified atom stereocenters. The summed E-state index contributed by atoms with van der Waals surface area (Å²) in [4.78, 5) is 116. The maximum atomic E-state index is 12.7. The Morgan fingerprint density at radius 1 is 0.463 bits per heavy atom. The summed E-state index contributed by atoms with van der Waals surface area (Å²) in [7, 11) is 0. The standard InChI is InChI=1S/2C21H24N4O3S2.2C16H16N4OS2.2ClH/c1-11-17-13(7-9-25(11)20(27)28-21(3,4)5)16(18(30-17)23-12(2)26)19-24-14-10-22-8-6-15(14)29-19;1-11-8-13-16(10-25(11)20(27)28-21(3,4)5)30-18(23-12(2)26)17(13)19-24-14-9-22-7-6-15(14)29-19;1-8-14-10(3-6-18-8)13(15(23-14)19-9(2)21)16-20-11-7-17-5-4-12(11)22-16;1-8-5-10-13(7-18-8)23-15(19-9(2)21)14(10)16-20-11-6-17-4-3-12(11)22-16;;/h6,8,10-11H,7,9H2,1-5H3,(H,23,26);6-7,9,11H,8,10H2,1-5H3,(H,23,26);4-5,7-8,18H,3,6H2,1-2H3,(H,19,21);3-4,6,8,18H,5,7H2,1-2H3,(H,19,21);2*1H. The minimum Gasteiger partial charge on any atom is -0.444 e. The average Bonchev–Trinajstić information content (AvgIpc) is 1.62. The summed E-state index contributed by atoms with van der Waals surface area (Å²) in [6.07, 6.45) is 16.8. The first-order valence-corrected chi connectivity index (χ1v) is 41.0. The van der Waals surface area contributed by atoms with Crippen LogP contribution >= 0.6 is 116 Å². The smallest absolute Gasteiger partial charge is 0.410 e. The van der Waals surface area contributed by atoms with Gasteiger partial charge in [-0.2, -0.15) is 0 Å². The van der Waals surface area contributed by atoms with Gasteiger partial charge in [0.2, 0.25) is 23.6 Å². The van der Waals surface area contributed by atoms with E-state index in [0.717, 1.165) is 150 Å².